The van der Waals surface area contributed by atoms with Crippen molar-refractivity contribution in [3.8, 4) is 0 Å². The van der Waals surface area contributed by atoms with Gasteiger partial charge < -0.3 is 10.8 Å². The molecule has 1 rings (SSSR count). The number of benzene rings is 1. The number of halogens is 3. The van der Waals surface area contributed by atoms with Crippen molar-refractivity contribution in [2.45, 2.75) is 18.6 Å². The zero-order chi connectivity index (χ0) is 12.3. The highest BCUT2D eigenvalue weighted by Gasteiger charge is 2.38. The van der Waals surface area contributed by atoms with Gasteiger partial charge in [0, 0.05) is 0 Å². The van der Waals surface area contributed by atoms with Gasteiger partial charge >= 0.3 is 12.1 Å². The van der Waals surface area contributed by atoms with Gasteiger partial charge in [-0.3, -0.25) is 4.79 Å². The third-order valence-corrected chi connectivity index (χ3v) is 2.08. The summed E-state index contributed by atoms with van der Waals surface area (Å²) < 4.78 is 37.1. The molecule has 0 amide bonds. The number of carboxylic acid groups (broad SMARTS) is 1. The molecule has 88 valence electrons. The van der Waals surface area contributed by atoms with Crippen LogP contribution in [0.1, 0.15) is 17.2 Å². The van der Waals surface area contributed by atoms with Crippen LogP contribution in [0.25, 0.3) is 0 Å². The van der Waals surface area contributed by atoms with E-state index in [2.05, 4.69) is 0 Å². The number of alkyl halides is 3. The zero-order valence-electron chi connectivity index (χ0n) is 8.16. The van der Waals surface area contributed by atoms with Gasteiger partial charge in [-0.25, -0.2) is 0 Å². The van der Waals surface area contributed by atoms with E-state index in [-0.39, 0.29) is 11.1 Å². The first kappa shape index (κ1) is 12.5. The molecule has 0 radical (unpaired) electrons. The van der Waals surface area contributed by atoms with Crippen molar-refractivity contribution < 1.29 is 23.1 Å². The Balaban J connectivity index is 3.08. The Hall–Kier alpha value is -1.56. The van der Waals surface area contributed by atoms with E-state index < -0.39 is 24.6 Å². The molecule has 6 heteroatoms. The molecule has 0 saturated heterocycles. The van der Waals surface area contributed by atoms with Crippen LogP contribution in [0.3, 0.4) is 0 Å². The number of hydrogen-bond donors (Lipinski definition) is 2. The SMILES string of the molecule is N[C@@H](c1ccccc1CC(=O)O)C(F)(F)F. The van der Waals surface area contributed by atoms with Gasteiger partial charge in [0.05, 0.1) is 6.42 Å². The second-order valence-corrected chi connectivity index (χ2v) is 3.29. The van der Waals surface area contributed by atoms with Crippen LogP contribution in [0, 0.1) is 0 Å². The molecule has 1 aromatic carbocycles. The summed E-state index contributed by atoms with van der Waals surface area (Å²) in [5.74, 6) is -1.19. The Morgan fingerprint density at radius 3 is 2.44 bits per heavy atom. The van der Waals surface area contributed by atoms with Crippen LogP contribution in [0.15, 0.2) is 24.3 Å². The monoisotopic (exact) mass is 233 g/mol. The predicted octanol–water partition coefficient (Wildman–Crippen LogP) is 1.88. The summed E-state index contributed by atoms with van der Waals surface area (Å²) in [6.07, 6.45) is -5.05. The van der Waals surface area contributed by atoms with Crippen LogP contribution in [0.2, 0.25) is 0 Å². The average molecular weight is 233 g/mol. The fourth-order valence-corrected chi connectivity index (χ4v) is 1.34. The Morgan fingerprint density at radius 2 is 1.94 bits per heavy atom. The van der Waals surface area contributed by atoms with Gasteiger partial charge in [0.15, 0.2) is 0 Å². The lowest BCUT2D eigenvalue weighted by atomic mass is 9.98. The molecule has 0 heterocycles. The Bertz CT molecular complexity index is 390. The molecule has 1 aromatic rings. The third kappa shape index (κ3) is 2.96. The highest BCUT2D eigenvalue weighted by Crippen LogP contribution is 2.32. The number of hydrogen-bond acceptors (Lipinski definition) is 2. The number of carbonyl (C=O) groups is 1. The number of aliphatic carboxylic acids is 1. The Kier molecular flexibility index (Phi) is 3.54. The lowest BCUT2D eigenvalue weighted by Crippen LogP contribution is -2.29. The summed E-state index contributed by atoms with van der Waals surface area (Å²) in [7, 11) is 0. The van der Waals surface area contributed by atoms with Crippen molar-refractivity contribution in [3.05, 3.63) is 35.4 Å². The van der Waals surface area contributed by atoms with Crippen molar-refractivity contribution in [2.75, 3.05) is 0 Å². The van der Waals surface area contributed by atoms with Gasteiger partial charge in [-0.15, -0.1) is 0 Å². The molecule has 0 fully saturated rings. The topological polar surface area (TPSA) is 63.3 Å². The van der Waals surface area contributed by atoms with E-state index in [1.165, 1.54) is 24.3 Å². The van der Waals surface area contributed by atoms with E-state index in [0.29, 0.717) is 0 Å². The summed E-state index contributed by atoms with van der Waals surface area (Å²) in [5, 5.41) is 8.55. The molecule has 0 unspecified atom stereocenters. The Labute approximate surface area is 89.7 Å². The van der Waals surface area contributed by atoms with Crippen LogP contribution in [-0.2, 0) is 11.2 Å². The fraction of sp³-hybridized carbons (Fsp3) is 0.300. The first-order chi connectivity index (χ1) is 7.32. The minimum atomic E-state index is -4.57. The summed E-state index contributed by atoms with van der Waals surface area (Å²) in [5.41, 5.74) is 4.92. The molecule has 0 aliphatic rings. The first-order valence-electron chi connectivity index (χ1n) is 4.44. The minimum absolute atomic E-state index is 0.0832. The highest BCUT2D eigenvalue weighted by atomic mass is 19.4. The predicted molar refractivity (Wildman–Crippen MR) is 50.8 cm³/mol. The summed E-state index contributed by atoms with van der Waals surface area (Å²) in [4.78, 5) is 10.5. The van der Waals surface area contributed by atoms with Gasteiger partial charge in [-0.2, -0.15) is 13.2 Å². The second kappa shape index (κ2) is 4.52. The Morgan fingerprint density at radius 1 is 1.38 bits per heavy atom. The summed E-state index contributed by atoms with van der Waals surface area (Å²) in [6, 6.07) is 3.24. The van der Waals surface area contributed by atoms with Crippen molar-refractivity contribution in [1.29, 1.82) is 0 Å². The smallest absolute Gasteiger partial charge is 0.407 e. The molecule has 3 nitrogen and oxygen atoms in total. The lowest BCUT2D eigenvalue weighted by molar-refractivity contribution is -0.149. The van der Waals surface area contributed by atoms with Gasteiger partial charge in [-0.1, -0.05) is 24.3 Å². The van der Waals surface area contributed by atoms with Crippen LogP contribution < -0.4 is 5.73 Å². The van der Waals surface area contributed by atoms with Crippen molar-refractivity contribution in [1.82, 2.24) is 0 Å². The molecule has 0 aliphatic heterocycles. The van der Waals surface area contributed by atoms with Crippen molar-refractivity contribution in [3.63, 3.8) is 0 Å². The standard InChI is InChI=1S/C10H10F3NO2/c11-10(12,13)9(14)7-4-2-1-3-6(7)5-8(15)16/h1-4,9H,5,14H2,(H,15,16)/t9-/m0/s1. The van der Waals surface area contributed by atoms with Gasteiger partial charge in [-0.05, 0) is 11.1 Å². The average Bonchev–Trinajstić information content (AvgIpc) is 2.15. The lowest BCUT2D eigenvalue weighted by Gasteiger charge is -2.18. The zero-order valence-corrected chi connectivity index (χ0v) is 8.16. The van der Waals surface area contributed by atoms with Gasteiger partial charge in [0.1, 0.15) is 6.04 Å². The van der Waals surface area contributed by atoms with Gasteiger partial charge in [0.25, 0.3) is 0 Å². The summed E-state index contributed by atoms with van der Waals surface area (Å²) in [6.45, 7) is 0. The maximum Gasteiger partial charge on any atom is 0.407 e. The van der Waals surface area contributed by atoms with Crippen molar-refractivity contribution in [2.24, 2.45) is 5.73 Å². The highest BCUT2D eigenvalue weighted by molar-refractivity contribution is 5.70. The number of nitrogens with two attached hydrogens (primary N) is 1. The summed E-state index contributed by atoms with van der Waals surface area (Å²) >= 11 is 0. The molecule has 0 aliphatic carbocycles. The maximum absolute atomic E-state index is 12.4. The molecule has 0 spiro atoms. The number of carboxylic acids is 1. The van der Waals surface area contributed by atoms with Crippen LogP contribution in [0.5, 0.6) is 0 Å². The molecule has 0 saturated carbocycles. The second-order valence-electron chi connectivity index (χ2n) is 3.29. The molecule has 1 atom stereocenters. The van der Waals surface area contributed by atoms with Crippen molar-refractivity contribution >= 4 is 5.97 Å². The van der Waals surface area contributed by atoms with E-state index >= 15 is 0 Å². The van der Waals surface area contributed by atoms with E-state index in [0.717, 1.165) is 0 Å². The van der Waals surface area contributed by atoms with E-state index in [1.807, 2.05) is 0 Å². The molecule has 0 bridgehead atoms. The molecule has 3 N–H and O–H groups in total. The quantitative estimate of drug-likeness (QED) is 0.837. The van der Waals surface area contributed by atoms with Gasteiger partial charge in [0.2, 0.25) is 0 Å². The molecule has 16 heavy (non-hydrogen) atoms. The van der Waals surface area contributed by atoms with Crippen LogP contribution in [0.4, 0.5) is 13.2 Å². The van der Waals surface area contributed by atoms with E-state index in [4.69, 9.17) is 10.8 Å². The third-order valence-electron chi connectivity index (χ3n) is 2.08. The van der Waals surface area contributed by atoms with Crippen LogP contribution >= 0.6 is 0 Å². The molecular weight excluding hydrogens is 223 g/mol. The van der Waals surface area contributed by atoms with Crippen LogP contribution in [-0.4, -0.2) is 17.3 Å². The first-order valence-corrected chi connectivity index (χ1v) is 4.44. The minimum Gasteiger partial charge on any atom is -0.481 e. The van der Waals surface area contributed by atoms with E-state index in [9.17, 15) is 18.0 Å². The van der Waals surface area contributed by atoms with E-state index in [1.54, 1.807) is 0 Å². The molecular formula is C10H10F3NO2. The number of rotatable bonds is 3. The normalized spacial score (nSPS) is 13.5. The fourth-order valence-electron chi connectivity index (χ4n) is 1.34. The maximum atomic E-state index is 12.4. The molecule has 0 aromatic heterocycles. The largest absolute Gasteiger partial charge is 0.481 e.